The lowest BCUT2D eigenvalue weighted by atomic mass is 9.99. The Balaban J connectivity index is 2.31. The molecular weight excluding hydrogens is 269 g/mol. The van der Waals surface area contributed by atoms with Crippen LogP contribution in [0.3, 0.4) is 0 Å². The molecule has 112 valence electrons. The second-order valence-corrected chi connectivity index (χ2v) is 4.92. The maximum absolute atomic E-state index is 13.1. The van der Waals surface area contributed by atoms with Gasteiger partial charge in [-0.05, 0) is 24.6 Å². The maximum atomic E-state index is 13.1. The SMILES string of the molecule is OCC(c1ccccc1C(F)(F)F)N1CCCNCC1. The van der Waals surface area contributed by atoms with Crippen LogP contribution in [-0.2, 0) is 6.18 Å². The molecule has 3 nitrogen and oxygen atoms in total. The van der Waals surface area contributed by atoms with Crippen molar-refractivity contribution in [3.63, 3.8) is 0 Å². The van der Waals surface area contributed by atoms with E-state index in [4.69, 9.17) is 0 Å². The number of nitrogens with zero attached hydrogens (tertiary/aromatic N) is 1. The lowest BCUT2D eigenvalue weighted by Gasteiger charge is -2.31. The number of benzene rings is 1. The first-order valence-corrected chi connectivity index (χ1v) is 6.76. The van der Waals surface area contributed by atoms with Crippen LogP contribution in [0.15, 0.2) is 24.3 Å². The first kappa shape index (κ1) is 15.3. The number of hydrogen-bond acceptors (Lipinski definition) is 3. The molecule has 0 radical (unpaired) electrons. The number of halogens is 3. The van der Waals surface area contributed by atoms with Crippen molar-refractivity contribution in [2.75, 3.05) is 32.8 Å². The quantitative estimate of drug-likeness (QED) is 0.893. The molecule has 1 fully saturated rings. The second kappa shape index (κ2) is 6.56. The molecule has 0 bridgehead atoms. The van der Waals surface area contributed by atoms with Gasteiger partial charge in [0, 0.05) is 19.6 Å². The Morgan fingerprint density at radius 3 is 2.65 bits per heavy atom. The van der Waals surface area contributed by atoms with E-state index in [-0.39, 0.29) is 12.2 Å². The summed E-state index contributed by atoms with van der Waals surface area (Å²) in [5.41, 5.74) is -0.499. The van der Waals surface area contributed by atoms with Crippen molar-refractivity contribution < 1.29 is 18.3 Å². The van der Waals surface area contributed by atoms with Crippen molar-refractivity contribution >= 4 is 0 Å². The first-order chi connectivity index (χ1) is 9.54. The van der Waals surface area contributed by atoms with Crippen molar-refractivity contribution in [2.45, 2.75) is 18.6 Å². The van der Waals surface area contributed by atoms with Gasteiger partial charge in [-0.1, -0.05) is 18.2 Å². The number of nitrogens with one attached hydrogen (secondary N) is 1. The molecule has 1 aromatic carbocycles. The summed E-state index contributed by atoms with van der Waals surface area (Å²) < 4.78 is 39.2. The van der Waals surface area contributed by atoms with Crippen LogP contribution in [0.4, 0.5) is 13.2 Å². The zero-order valence-corrected chi connectivity index (χ0v) is 11.2. The van der Waals surface area contributed by atoms with Crippen LogP contribution in [0, 0.1) is 0 Å². The monoisotopic (exact) mass is 288 g/mol. The number of aliphatic hydroxyl groups is 1. The largest absolute Gasteiger partial charge is 0.416 e. The summed E-state index contributed by atoms with van der Waals surface area (Å²) in [4.78, 5) is 1.92. The Hall–Kier alpha value is -1.11. The summed E-state index contributed by atoms with van der Waals surface area (Å²) in [5.74, 6) is 0. The maximum Gasteiger partial charge on any atom is 0.416 e. The minimum absolute atomic E-state index is 0.157. The van der Waals surface area contributed by atoms with Crippen molar-refractivity contribution in [1.29, 1.82) is 0 Å². The molecule has 1 aliphatic rings. The summed E-state index contributed by atoms with van der Waals surface area (Å²) in [7, 11) is 0. The highest BCUT2D eigenvalue weighted by Crippen LogP contribution is 2.36. The molecular formula is C14H19F3N2O. The highest BCUT2D eigenvalue weighted by molar-refractivity contribution is 5.32. The minimum Gasteiger partial charge on any atom is -0.394 e. The number of hydrogen-bond donors (Lipinski definition) is 2. The Morgan fingerprint density at radius 1 is 1.20 bits per heavy atom. The van der Waals surface area contributed by atoms with Crippen LogP contribution in [-0.4, -0.2) is 42.8 Å². The van der Waals surface area contributed by atoms with Gasteiger partial charge in [-0.25, -0.2) is 0 Å². The third-order valence-electron chi connectivity index (χ3n) is 3.61. The van der Waals surface area contributed by atoms with Gasteiger partial charge in [0.25, 0.3) is 0 Å². The van der Waals surface area contributed by atoms with Gasteiger partial charge in [0.2, 0.25) is 0 Å². The van der Waals surface area contributed by atoms with E-state index in [1.165, 1.54) is 12.1 Å². The average Bonchev–Trinajstić information content (AvgIpc) is 2.68. The van der Waals surface area contributed by atoms with Crippen molar-refractivity contribution in [2.24, 2.45) is 0 Å². The van der Waals surface area contributed by atoms with E-state index < -0.39 is 17.8 Å². The Bertz CT molecular complexity index is 429. The summed E-state index contributed by atoms with van der Waals surface area (Å²) in [6.45, 7) is 2.59. The lowest BCUT2D eigenvalue weighted by Crippen LogP contribution is -2.35. The predicted octanol–water partition coefficient (Wildman–Crippen LogP) is 2.03. The van der Waals surface area contributed by atoms with Crippen LogP contribution in [0.5, 0.6) is 0 Å². The molecule has 1 atom stereocenters. The summed E-state index contributed by atoms with van der Waals surface area (Å²) in [5, 5.41) is 12.8. The van der Waals surface area contributed by atoms with E-state index >= 15 is 0 Å². The van der Waals surface area contributed by atoms with Gasteiger partial charge in [-0.3, -0.25) is 4.90 Å². The summed E-state index contributed by atoms with van der Waals surface area (Å²) in [6, 6.07) is 4.90. The smallest absolute Gasteiger partial charge is 0.394 e. The third-order valence-corrected chi connectivity index (χ3v) is 3.61. The van der Waals surface area contributed by atoms with Gasteiger partial charge >= 0.3 is 6.18 Å². The molecule has 0 saturated carbocycles. The predicted molar refractivity (Wildman–Crippen MR) is 70.3 cm³/mol. The summed E-state index contributed by atoms with van der Waals surface area (Å²) >= 11 is 0. The molecule has 0 amide bonds. The molecule has 0 aliphatic carbocycles. The van der Waals surface area contributed by atoms with E-state index in [1.54, 1.807) is 6.07 Å². The van der Waals surface area contributed by atoms with E-state index in [0.29, 0.717) is 13.1 Å². The number of rotatable bonds is 3. The molecule has 1 unspecified atom stereocenters. The third kappa shape index (κ3) is 3.50. The molecule has 20 heavy (non-hydrogen) atoms. The molecule has 1 heterocycles. The molecule has 2 rings (SSSR count). The first-order valence-electron chi connectivity index (χ1n) is 6.76. The van der Waals surface area contributed by atoms with Crippen molar-refractivity contribution in [3.05, 3.63) is 35.4 Å². The standard InChI is InChI=1S/C14H19F3N2O/c15-14(16,17)12-5-2-1-4-11(12)13(10-20)19-8-3-6-18-7-9-19/h1-2,4-5,13,18,20H,3,6-10H2. The Morgan fingerprint density at radius 2 is 1.95 bits per heavy atom. The second-order valence-electron chi connectivity index (χ2n) is 4.92. The van der Waals surface area contributed by atoms with Gasteiger partial charge in [-0.2, -0.15) is 13.2 Å². The normalized spacial score (nSPS) is 19.6. The van der Waals surface area contributed by atoms with Crippen LogP contribution in [0.25, 0.3) is 0 Å². The van der Waals surface area contributed by atoms with Gasteiger partial charge in [0.15, 0.2) is 0 Å². The van der Waals surface area contributed by atoms with Crippen LogP contribution in [0.2, 0.25) is 0 Å². The molecule has 0 aromatic heterocycles. The number of alkyl halides is 3. The van der Waals surface area contributed by atoms with Crippen LogP contribution >= 0.6 is 0 Å². The highest BCUT2D eigenvalue weighted by atomic mass is 19.4. The van der Waals surface area contributed by atoms with E-state index in [2.05, 4.69) is 5.32 Å². The molecule has 6 heteroatoms. The van der Waals surface area contributed by atoms with E-state index in [1.807, 2.05) is 4.90 Å². The van der Waals surface area contributed by atoms with Gasteiger partial charge in [0.1, 0.15) is 0 Å². The Labute approximate surface area is 116 Å². The minimum atomic E-state index is -4.39. The highest BCUT2D eigenvalue weighted by Gasteiger charge is 2.36. The zero-order valence-electron chi connectivity index (χ0n) is 11.2. The molecule has 2 N–H and O–H groups in total. The van der Waals surface area contributed by atoms with Crippen LogP contribution in [0.1, 0.15) is 23.6 Å². The van der Waals surface area contributed by atoms with Gasteiger partial charge in [0.05, 0.1) is 18.2 Å². The lowest BCUT2D eigenvalue weighted by molar-refractivity contribution is -0.139. The van der Waals surface area contributed by atoms with E-state index in [9.17, 15) is 18.3 Å². The zero-order chi connectivity index (χ0) is 14.6. The fourth-order valence-electron chi connectivity index (χ4n) is 2.63. The van der Waals surface area contributed by atoms with Crippen molar-refractivity contribution in [3.8, 4) is 0 Å². The molecule has 0 spiro atoms. The number of aliphatic hydroxyl groups excluding tert-OH is 1. The average molecular weight is 288 g/mol. The summed E-state index contributed by atoms with van der Waals surface area (Å²) in [6.07, 6.45) is -3.53. The fraction of sp³-hybridized carbons (Fsp3) is 0.571. The molecule has 1 aliphatic heterocycles. The van der Waals surface area contributed by atoms with Crippen LogP contribution < -0.4 is 5.32 Å². The van der Waals surface area contributed by atoms with Gasteiger partial charge < -0.3 is 10.4 Å². The van der Waals surface area contributed by atoms with Gasteiger partial charge in [-0.15, -0.1) is 0 Å². The molecule has 1 aromatic rings. The fourth-order valence-corrected chi connectivity index (χ4v) is 2.63. The van der Waals surface area contributed by atoms with E-state index in [0.717, 1.165) is 25.6 Å². The molecule has 1 saturated heterocycles. The van der Waals surface area contributed by atoms with Crippen molar-refractivity contribution in [1.82, 2.24) is 10.2 Å². The Kier molecular flexibility index (Phi) is 5.01. The topological polar surface area (TPSA) is 35.5 Å².